The molecular weight excluding hydrogens is 380 g/mol. The van der Waals surface area contributed by atoms with Crippen LogP contribution in [0.25, 0.3) is 22.6 Å². The number of hydrogen-bond donors (Lipinski definition) is 1. The van der Waals surface area contributed by atoms with Crippen LogP contribution in [0.5, 0.6) is 11.5 Å². The van der Waals surface area contributed by atoms with Gasteiger partial charge in [-0.15, -0.1) is 0 Å². The number of benzene rings is 3. The van der Waals surface area contributed by atoms with Crippen molar-refractivity contribution in [1.29, 1.82) is 0 Å². The molecule has 3 aromatic carbocycles. The monoisotopic (exact) mass is 402 g/mol. The molecular formula is C24H22N2O4. The third-order valence-corrected chi connectivity index (χ3v) is 4.73. The molecule has 0 radical (unpaired) electrons. The van der Waals surface area contributed by atoms with Crippen molar-refractivity contribution in [3.8, 4) is 23.0 Å². The zero-order valence-corrected chi connectivity index (χ0v) is 17.0. The molecule has 0 aliphatic heterocycles. The number of oxazole rings is 1. The van der Waals surface area contributed by atoms with Crippen LogP contribution in [-0.4, -0.2) is 24.1 Å². The Bertz CT molecular complexity index is 1180. The van der Waals surface area contributed by atoms with Crippen molar-refractivity contribution < 1.29 is 18.7 Å². The number of nitrogens with one attached hydrogen (secondary N) is 1. The molecule has 6 heteroatoms. The van der Waals surface area contributed by atoms with E-state index in [0.717, 1.165) is 11.1 Å². The van der Waals surface area contributed by atoms with Crippen molar-refractivity contribution in [2.45, 2.75) is 20.0 Å². The zero-order chi connectivity index (χ0) is 21.1. The topological polar surface area (TPSA) is 73.6 Å². The summed E-state index contributed by atoms with van der Waals surface area (Å²) in [6.07, 6.45) is -0.714. The number of carbonyl (C=O) groups excluding carboxylic acids is 1. The predicted octanol–water partition coefficient (Wildman–Crippen LogP) is 5.22. The molecule has 1 amide bonds. The van der Waals surface area contributed by atoms with Gasteiger partial charge in [-0.1, -0.05) is 30.3 Å². The summed E-state index contributed by atoms with van der Waals surface area (Å²) >= 11 is 0. The number of rotatable bonds is 6. The van der Waals surface area contributed by atoms with Gasteiger partial charge in [-0.25, -0.2) is 4.98 Å². The first-order chi connectivity index (χ1) is 14.5. The molecule has 30 heavy (non-hydrogen) atoms. The number of amides is 1. The molecule has 0 spiro atoms. The number of fused-ring (bicyclic) bond motifs is 1. The van der Waals surface area contributed by atoms with Crippen molar-refractivity contribution in [3.05, 3.63) is 72.3 Å². The van der Waals surface area contributed by atoms with Gasteiger partial charge in [-0.05, 0) is 55.8 Å². The standard InChI is InChI=1S/C24H22N2O4/c1-15-8-7-11-21(22(15)28-3)29-16(2)23(27)25-18-12-13-20-19(14-18)26-24(30-20)17-9-5-4-6-10-17/h4-14,16H,1-3H3,(H,25,27). The van der Waals surface area contributed by atoms with Gasteiger partial charge in [0.15, 0.2) is 23.2 Å². The number of carbonyl (C=O) groups is 1. The van der Waals surface area contributed by atoms with Crippen molar-refractivity contribution >= 4 is 22.7 Å². The van der Waals surface area contributed by atoms with E-state index in [4.69, 9.17) is 13.9 Å². The Morgan fingerprint density at radius 3 is 2.63 bits per heavy atom. The first-order valence-corrected chi connectivity index (χ1v) is 9.62. The van der Waals surface area contributed by atoms with Crippen molar-refractivity contribution in [1.82, 2.24) is 4.98 Å². The Kier molecular flexibility index (Phi) is 5.39. The lowest BCUT2D eigenvalue weighted by atomic mass is 10.2. The van der Waals surface area contributed by atoms with E-state index in [0.29, 0.717) is 34.2 Å². The van der Waals surface area contributed by atoms with Gasteiger partial charge in [-0.2, -0.15) is 0 Å². The fourth-order valence-electron chi connectivity index (χ4n) is 3.18. The van der Waals surface area contributed by atoms with Gasteiger partial charge in [0, 0.05) is 11.3 Å². The summed E-state index contributed by atoms with van der Waals surface area (Å²) in [6, 6.07) is 20.6. The Morgan fingerprint density at radius 2 is 1.87 bits per heavy atom. The molecule has 6 nitrogen and oxygen atoms in total. The first kappa shape index (κ1) is 19.5. The molecule has 0 saturated heterocycles. The number of para-hydroxylation sites is 1. The Balaban J connectivity index is 1.49. The third-order valence-electron chi connectivity index (χ3n) is 4.73. The Labute approximate surface area is 174 Å². The van der Waals surface area contributed by atoms with Crippen LogP contribution < -0.4 is 14.8 Å². The maximum atomic E-state index is 12.6. The molecule has 4 rings (SSSR count). The van der Waals surface area contributed by atoms with Crippen molar-refractivity contribution in [3.63, 3.8) is 0 Å². The number of ether oxygens (including phenoxy) is 2. The van der Waals surface area contributed by atoms with Crippen LogP contribution in [0.4, 0.5) is 5.69 Å². The van der Waals surface area contributed by atoms with E-state index in [9.17, 15) is 4.79 Å². The Hall–Kier alpha value is -3.80. The van der Waals surface area contributed by atoms with Crippen LogP contribution >= 0.6 is 0 Å². The highest BCUT2D eigenvalue weighted by atomic mass is 16.5. The molecule has 0 aliphatic carbocycles. The minimum atomic E-state index is -0.714. The minimum absolute atomic E-state index is 0.273. The molecule has 1 unspecified atom stereocenters. The van der Waals surface area contributed by atoms with Gasteiger partial charge in [0.05, 0.1) is 7.11 Å². The average Bonchev–Trinajstić information content (AvgIpc) is 3.18. The molecule has 0 bridgehead atoms. The first-order valence-electron chi connectivity index (χ1n) is 9.62. The van der Waals surface area contributed by atoms with Crippen LogP contribution in [0, 0.1) is 6.92 Å². The van der Waals surface area contributed by atoms with Gasteiger partial charge in [0.2, 0.25) is 5.89 Å². The van der Waals surface area contributed by atoms with Crippen molar-refractivity contribution in [2.75, 3.05) is 12.4 Å². The Morgan fingerprint density at radius 1 is 1.07 bits per heavy atom. The summed E-state index contributed by atoms with van der Waals surface area (Å²) in [6.45, 7) is 3.62. The molecule has 0 saturated carbocycles. The lowest BCUT2D eigenvalue weighted by Crippen LogP contribution is -2.30. The number of hydrogen-bond acceptors (Lipinski definition) is 5. The molecule has 1 N–H and O–H groups in total. The number of nitrogens with zero attached hydrogens (tertiary/aromatic N) is 1. The predicted molar refractivity (Wildman–Crippen MR) is 116 cm³/mol. The number of aryl methyl sites for hydroxylation is 1. The highest BCUT2D eigenvalue weighted by Gasteiger charge is 2.18. The number of methoxy groups -OCH3 is 1. The van der Waals surface area contributed by atoms with Gasteiger partial charge in [-0.3, -0.25) is 4.79 Å². The van der Waals surface area contributed by atoms with Crippen LogP contribution in [0.15, 0.2) is 71.1 Å². The van der Waals surface area contributed by atoms with Gasteiger partial charge < -0.3 is 19.2 Å². The number of anilines is 1. The summed E-state index contributed by atoms with van der Waals surface area (Å²) < 4.78 is 17.0. The fourth-order valence-corrected chi connectivity index (χ4v) is 3.18. The summed E-state index contributed by atoms with van der Waals surface area (Å²) in [5.74, 6) is 1.41. The summed E-state index contributed by atoms with van der Waals surface area (Å²) in [5, 5.41) is 2.87. The zero-order valence-electron chi connectivity index (χ0n) is 17.0. The highest BCUT2D eigenvalue weighted by Crippen LogP contribution is 2.31. The maximum absolute atomic E-state index is 12.6. The minimum Gasteiger partial charge on any atom is -0.493 e. The average molecular weight is 402 g/mol. The second kappa shape index (κ2) is 8.29. The molecule has 152 valence electrons. The number of aromatic nitrogens is 1. The molecule has 1 aromatic heterocycles. The van der Waals surface area contributed by atoms with Crippen LogP contribution in [0.3, 0.4) is 0 Å². The SMILES string of the molecule is COc1c(C)cccc1OC(C)C(=O)Nc1ccc2oc(-c3ccccc3)nc2c1. The summed E-state index contributed by atoms with van der Waals surface area (Å²) in [7, 11) is 1.58. The second-order valence-corrected chi connectivity index (χ2v) is 6.92. The van der Waals surface area contributed by atoms with E-state index in [1.807, 2.05) is 49.4 Å². The third kappa shape index (κ3) is 3.98. The largest absolute Gasteiger partial charge is 0.493 e. The van der Waals surface area contributed by atoms with Gasteiger partial charge >= 0.3 is 0 Å². The van der Waals surface area contributed by atoms with E-state index in [1.165, 1.54) is 0 Å². The van der Waals surface area contributed by atoms with Gasteiger partial charge in [0.1, 0.15) is 5.52 Å². The quantitative estimate of drug-likeness (QED) is 0.479. The van der Waals surface area contributed by atoms with E-state index >= 15 is 0 Å². The van der Waals surface area contributed by atoms with Crippen LogP contribution in [-0.2, 0) is 4.79 Å². The lowest BCUT2D eigenvalue weighted by molar-refractivity contribution is -0.122. The normalized spacial score (nSPS) is 11.8. The molecule has 0 fully saturated rings. The van der Waals surface area contributed by atoms with E-state index in [2.05, 4.69) is 10.3 Å². The highest BCUT2D eigenvalue weighted by molar-refractivity contribution is 5.95. The molecule has 1 heterocycles. The molecule has 4 aromatic rings. The molecule has 1 atom stereocenters. The second-order valence-electron chi connectivity index (χ2n) is 6.92. The smallest absolute Gasteiger partial charge is 0.265 e. The summed E-state index contributed by atoms with van der Waals surface area (Å²) in [5.41, 5.74) is 3.77. The van der Waals surface area contributed by atoms with Crippen LogP contribution in [0.1, 0.15) is 12.5 Å². The van der Waals surface area contributed by atoms with Crippen molar-refractivity contribution in [2.24, 2.45) is 0 Å². The van der Waals surface area contributed by atoms with Crippen LogP contribution in [0.2, 0.25) is 0 Å². The molecule has 0 aliphatic rings. The van der Waals surface area contributed by atoms with E-state index < -0.39 is 6.10 Å². The van der Waals surface area contributed by atoms with E-state index in [-0.39, 0.29) is 5.91 Å². The van der Waals surface area contributed by atoms with E-state index in [1.54, 1.807) is 38.3 Å². The summed E-state index contributed by atoms with van der Waals surface area (Å²) in [4.78, 5) is 17.2. The maximum Gasteiger partial charge on any atom is 0.265 e. The fraction of sp³-hybridized carbons (Fsp3) is 0.167. The lowest BCUT2D eigenvalue weighted by Gasteiger charge is -2.17. The van der Waals surface area contributed by atoms with Gasteiger partial charge in [0.25, 0.3) is 5.91 Å².